The normalized spacial score (nSPS) is 14.4. The fraction of sp³-hybridized carbons (Fsp3) is 0.118. The molecular formula is C17H16N2O2. The van der Waals surface area contributed by atoms with E-state index in [1.54, 1.807) is 12.0 Å². The maximum atomic E-state index is 12.3. The third kappa shape index (κ3) is 2.74. The number of carbonyl (C=O) groups is 1. The first kappa shape index (κ1) is 13.2. The third-order valence-corrected chi connectivity index (χ3v) is 3.41. The van der Waals surface area contributed by atoms with Gasteiger partial charge < -0.3 is 10.1 Å². The molecule has 0 saturated heterocycles. The van der Waals surface area contributed by atoms with Crippen LogP contribution in [0, 0.1) is 0 Å². The first-order valence-corrected chi connectivity index (χ1v) is 6.76. The van der Waals surface area contributed by atoms with Crippen molar-refractivity contribution < 1.29 is 9.53 Å². The molecule has 1 aliphatic heterocycles. The van der Waals surface area contributed by atoms with E-state index in [0.29, 0.717) is 6.54 Å². The molecule has 0 atom stereocenters. The Bertz CT molecular complexity index is 680. The highest BCUT2D eigenvalue weighted by Gasteiger charge is 2.20. The number of hydrogen-bond donors (Lipinski definition) is 1. The van der Waals surface area contributed by atoms with E-state index in [1.807, 2.05) is 60.7 Å². The minimum atomic E-state index is -0.124. The van der Waals surface area contributed by atoms with Crippen molar-refractivity contribution in [2.75, 3.05) is 18.6 Å². The number of rotatable bonds is 3. The van der Waals surface area contributed by atoms with Crippen molar-refractivity contribution in [3.05, 3.63) is 66.2 Å². The molecule has 3 rings (SSSR count). The molecule has 2 aromatic carbocycles. The van der Waals surface area contributed by atoms with Gasteiger partial charge in [-0.15, -0.1) is 0 Å². The van der Waals surface area contributed by atoms with Crippen LogP contribution in [0.25, 0.3) is 5.70 Å². The summed E-state index contributed by atoms with van der Waals surface area (Å²) in [6.07, 6.45) is 2.00. The Hall–Kier alpha value is -2.75. The second kappa shape index (κ2) is 5.71. The lowest BCUT2D eigenvalue weighted by Crippen LogP contribution is -2.43. The molecule has 0 aromatic heterocycles. The lowest BCUT2D eigenvalue weighted by molar-refractivity contribution is 0.250. The van der Waals surface area contributed by atoms with Crippen LogP contribution in [0.3, 0.4) is 0 Å². The summed E-state index contributed by atoms with van der Waals surface area (Å²) in [5.74, 6) is 0.771. The second-order valence-electron chi connectivity index (χ2n) is 4.73. The van der Waals surface area contributed by atoms with Gasteiger partial charge in [0.2, 0.25) is 0 Å². The molecule has 4 heteroatoms. The van der Waals surface area contributed by atoms with Gasteiger partial charge in [0, 0.05) is 23.5 Å². The highest BCUT2D eigenvalue weighted by atomic mass is 16.5. The monoisotopic (exact) mass is 280 g/mol. The Labute approximate surface area is 123 Å². The van der Waals surface area contributed by atoms with E-state index in [2.05, 4.69) is 5.32 Å². The lowest BCUT2D eigenvalue weighted by atomic mass is 10.1. The standard InChI is InChI=1S/C17H16N2O2/c1-21-15-9-5-6-13(12-15)16-10-11-19(17(20)18-16)14-7-3-2-4-8-14/h2-10,12H,11H2,1H3,(H,18,20). The number of hydrogen-bond acceptors (Lipinski definition) is 2. The van der Waals surface area contributed by atoms with Gasteiger partial charge in [-0.3, -0.25) is 4.90 Å². The topological polar surface area (TPSA) is 41.6 Å². The minimum Gasteiger partial charge on any atom is -0.497 e. The van der Waals surface area contributed by atoms with Gasteiger partial charge in [-0.25, -0.2) is 4.79 Å². The van der Waals surface area contributed by atoms with E-state index in [4.69, 9.17) is 4.74 Å². The van der Waals surface area contributed by atoms with Crippen LogP contribution in [-0.2, 0) is 0 Å². The van der Waals surface area contributed by atoms with E-state index in [0.717, 1.165) is 22.7 Å². The zero-order valence-electron chi connectivity index (χ0n) is 11.7. The molecule has 0 unspecified atom stereocenters. The van der Waals surface area contributed by atoms with Crippen molar-refractivity contribution in [2.45, 2.75) is 0 Å². The van der Waals surface area contributed by atoms with Crippen molar-refractivity contribution in [1.82, 2.24) is 5.32 Å². The van der Waals surface area contributed by atoms with Gasteiger partial charge in [-0.2, -0.15) is 0 Å². The Morgan fingerprint density at radius 2 is 1.90 bits per heavy atom. The predicted octanol–water partition coefficient (Wildman–Crippen LogP) is 3.27. The number of nitrogens with one attached hydrogen (secondary N) is 1. The fourth-order valence-electron chi connectivity index (χ4n) is 2.31. The Kier molecular flexibility index (Phi) is 3.60. The predicted molar refractivity (Wildman–Crippen MR) is 83.3 cm³/mol. The van der Waals surface area contributed by atoms with Gasteiger partial charge in [0.05, 0.1) is 7.11 Å². The summed E-state index contributed by atoms with van der Waals surface area (Å²) < 4.78 is 5.21. The minimum absolute atomic E-state index is 0.124. The number of urea groups is 1. The van der Waals surface area contributed by atoms with E-state index < -0.39 is 0 Å². The summed E-state index contributed by atoms with van der Waals surface area (Å²) >= 11 is 0. The van der Waals surface area contributed by atoms with E-state index in [1.165, 1.54) is 0 Å². The van der Waals surface area contributed by atoms with Crippen LogP contribution >= 0.6 is 0 Å². The van der Waals surface area contributed by atoms with Crippen LogP contribution in [0.1, 0.15) is 5.56 Å². The molecule has 1 N–H and O–H groups in total. The zero-order chi connectivity index (χ0) is 14.7. The van der Waals surface area contributed by atoms with Crippen molar-refractivity contribution in [3.63, 3.8) is 0 Å². The van der Waals surface area contributed by atoms with Gasteiger partial charge in [-0.05, 0) is 30.3 Å². The quantitative estimate of drug-likeness (QED) is 0.937. The maximum Gasteiger partial charge on any atom is 0.326 e. The van der Waals surface area contributed by atoms with Crippen LogP contribution < -0.4 is 15.0 Å². The zero-order valence-corrected chi connectivity index (χ0v) is 11.7. The van der Waals surface area contributed by atoms with Gasteiger partial charge >= 0.3 is 6.03 Å². The summed E-state index contributed by atoms with van der Waals surface area (Å²) in [6.45, 7) is 0.544. The van der Waals surface area contributed by atoms with Gasteiger partial charge in [0.1, 0.15) is 5.75 Å². The van der Waals surface area contributed by atoms with Crippen molar-refractivity contribution in [2.24, 2.45) is 0 Å². The molecule has 4 nitrogen and oxygen atoms in total. The summed E-state index contributed by atoms with van der Waals surface area (Å²) in [6, 6.07) is 17.1. The fourth-order valence-corrected chi connectivity index (χ4v) is 2.31. The first-order chi connectivity index (χ1) is 10.3. The molecular weight excluding hydrogens is 264 g/mol. The molecule has 0 spiro atoms. The van der Waals surface area contributed by atoms with Crippen molar-refractivity contribution >= 4 is 17.4 Å². The van der Waals surface area contributed by atoms with Crippen LogP contribution in [-0.4, -0.2) is 19.7 Å². The molecule has 2 amide bonds. The van der Waals surface area contributed by atoms with Gasteiger partial charge in [0.25, 0.3) is 0 Å². The van der Waals surface area contributed by atoms with E-state index >= 15 is 0 Å². The Balaban J connectivity index is 1.85. The maximum absolute atomic E-state index is 12.3. The lowest BCUT2D eigenvalue weighted by Gasteiger charge is -2.27. The molecule has 0 radical (unpaired) electrons. The Morgan fingerprint density at radius 1 is 1.10 bits per heavy atom. The van der Waals surface area contributed by atoms with Crippen LogP contribution in [0.15, 0.2) is 60.7 Å². The number of methoxy groups -OCH3 is 1. The Morgan fingerprint density at radius 3 is 2.62 bits per heavy atom. The number of benzene rings is 2. The third-order valence-electron chi connectivity index (χ3n) is 3.41. The molecule has 0 aliphatic carbocycles. The smallest absolute Gasteiger partial charge is 0.326 e. The number of anilines is 1. The van der Waals surface area contributed by atoms with Gasteiger partial charge in [0.15, 0.2) is 0 Å². The number of amides is 2. The average molecular weight is 280 g/mol. The molecule has 1 heterocycles. The largest absolute Gasteiger partial charge is 0.497 e. The summed E-state index contributed by atoms with van der Waals surface area (Å²) in [7, 11) is 1.63. The first-order valence-electron chi connectivity index (χ1n) is 6.76. The molecule has 21 heavy (non-hydrogen) atoms. The summed E-state index contributed by atoms with van der Waals surface area (Å²) in [5.41, 5.74) is 2.64. The van der Waals surface area contributed by atoms with E-state index in [9.17, 15) is 4.79 Å². The van der Waals surface area contributed by atoms with Crippen LogP contribution in [0.4, 0.5) is 10.5 Å². The van der Waals surface area contributed by atoms with Crippen molar-refractivity contribution in [3.8, 4) is 5.75 Å². The molecule has 2 aromatic rings. The second-order valence-corrected chi connectivity index (χ2v) is 4.73. The highest BCUT2D eigenvalue weighted by molar-refractivity contribution is 5.99. The molecule has 0 saturated carbocycles. The van der Waals surface area contributed by atoms with E-state index in [-0.39, 0.29) is 6.03 Å². The molecule has 0 fully saturated rings. The van der Waals surface area contributed by atoms with Crippen molar-refractivity contribution in [1.29, 1.82) is 0 Å². The average Bonchev–Trinajstić information content (AvgIpc) is 2.55. The van der Waals surface area contributed by atoms with Gasteiger partial charge in [-0.1, -0.05) is 30.3 Å². The molecule has 106 valence electrons. The van der Waals surface area contributed by atoms with Crippen LogP contribution in [0.5, 0.6) is 5.75 Å². The SMILES string of the molecule is COc1cccc(C2=CCN(c3ccccc3)C(=O)N2)c1. The highest BCUT2D eigenvalue weighted by Crippen LogP contribution is 2.23. The molecule has 1 aliphatic rings. The number of nitrogens with zero attached hydrogens (tertiary/aromatic N) is 1. The summed E-state index contributed by atoms with van der Waals surface area (Å²) in [4.78, 5) is 14.0. The van der Waals surface area contributed by atoms with Crippen LogP contribution in [0.2, 0.25) is 0 Å². The summed E-state index contributed by atoms with van der Waals surface area (Å²) in [5, 5.41) is 2.93. The molecule has 0 bridgehead atoms. The number of para-hydroxylation sites is 1. The number of ether oxygens (including phenoxy) is 1. The number of carbonyl (C=O) groups excluding carboxylic acids is 1.